The second-order valence-corrected chi connectivity index (χ2v) is 6.13. The fourth-order valence-corrected chi connectivity index (χ4v) is 2.93. The molecular weight excluding hydrogens is 310 g/mol. The van der Waals surface area contributed by atoms with Crippen molar-refractivity contribution in [1.29, 1.82) is 0 Å². The van der Waals surface area contributed by atoms with E-state index in [1.54, 1.807) is 0 Å². The highest BCUT2D eigenvalue weighted by molar-refractivity contribution is 6.33. The standard InChI is InChI=1S/C18H16ClN3O/c1-2-15-17(23-10-21-15)16-13(12-5-3-4-6-14(12)19)9-20-18(22-16)11-7-8-11/h3-6,9-11H,2,7-8H2,1H3. The molecule has 23 heavy (non-hydrogen) atoms. The van der Waals surface area contributed by atoms with Gasteiger partial charge in [-0.15, -0.1) is 0 Å². The van der Waals surface area contributed by atoms with Gasteiger partial charge in [-0.25, -0.2) is 15.0 Å². The molecule has 3 aromatic rings. The molecule has 1 aliphatic carbocycles. The number of nitrogens with zero attached hydrogens (tertiary/aromatic N) is 3. The largest absolute Gasteiger partial charge is 0.442 e. The van der Waals surface area contributed by atoms with Crippen LogP contribution in [0.1, 0.15) is 37.2 Å². The fourth-order valence-electron chi connectivity index (χ4n) is 2.70. The maximum absolute atomic E-state index is 6.38. The maximum atomic E-state index is 6.38. The number of rotatable bonds is 4. The number of aryl methyl sites for hydroxylation is 1. The van der Waals surface area contributed by atoms with Gasteiger partial charge in [0, 0.05) is 28.3 Å². The zero-order chi connectivity index (χ0) is 15.8. The molecule has 0 saturated heterocycles. The number of aromatic nitrogens is 3. The average Bonchev–Trinajstić information content (AvgIpc) is 3.32. The van der Waals surface area contributed by atoms with Crippen molar-refractivity contribution in [3.63, 3.8) is 0 Å². The topological polar surface area (TPSA) is 51.8 Å². The summed E-state index contributed by atoms with van der Waals surface area (Å²) in [7, 11) is 0. The van der Waals surface area contributed by atoms with E-state index in [2.05, 4.69) is 16.9 Å². The molecule has 0 unspecified atom stereocenters. The van der Waals surface area contributed by atoms with E-state index < -0.39 is 0 Å². The monoisotopic (exact) mass is 325 g/mol. The van der Waals surface area contributed by atoms with Crippen LogP contribution in [-0.2, 0) is 6.42 Å². The van der Waals surface area contributed by atoms with Gasteiger partial charge in [-0.05, 0) is 25.3 Å². The summed E-state index contributed by atoms with van der Waals surface area (Å²) in [5.74, 6) is 2.07. The molecule has 4 nitrogen and oxygen atoms in total. The van der Waals surface area contributed by atoms with Crippen LogP contribution >= 0.6 is 11.6 Å². The van der Waals surface area contributed by atoms with Crippen molar-refractivity contribution in [3.05, 3.63) is 53.4 Å². The van der Waals surface area contributed by atoms with Gasteiger partial charge in [0.05, 0.1) is 5.69 Å². The molecule has 4 rings (SSSR count). The lowest BCUT2D eigenvalue weighted by atomic mass is 10.0. The second kappa shape index (κ2) is 5.78. The molecule has 5 heteroatoms. The van der Waals surface area contributed by atoms with Gasteiger partial charge in [0.1, 0.15) is 11.5 Å². The number of halogens is 1. The summed E-state index contributed by atoms with van der Waals surface area (Å²) >= 11 is 6.38. The number of oxazole rings is 1. The Labute approximate surface area is 139 Å². The van der Waals surface area contributed by atoms with E-state index >= 15 is 0 Å². The van der Waals surface area contributed by atoms with Crippen molar-refractivity contribution in [3.8, 4) is 22.6 Å². The van der Waals surface area contributed by atoms with Crippen molar-refractivity contribution in [2.24, 2.45) is 0 Å². The zero-order valence-electron chi connectivity index (χ0n) is 12.8. The van der Waals surface area contributed by atoms with Crippen molar-refractivity contribution in [2.75, 3.05) is 0 Å². The third-order valence-electron chi connectivity index (χ3n) is 4.11. The number of hydrogen-bond acceptors (Lipinski definition) is 4. The SMILES string of the molecule is CCc1ncoc1-c1nc(C2CC2)ncc1-c1ccccc1Cl. The predicted octanol–water partition coefficient (Wildman–Crippen LogP) is 4.89. The van der Waals surface area contributed by atoms with Crippen LogP contribution < -0.4 is 0 Å². The first-order valence-electron chi connectivity index (χ1n) is 7.82. The normalized spacial score (nSPS) is 14.2. The Morgan fingerprint density at radius 1 is 1.17 bits per heavy atom. The Bertz CT molecular complexity index is 855. The average molecular weight is 326 g/mol. The van der Waals surface area contributed by atoms with E-state index in [0.29, 0.717) is 16.7 Å². The highest BCUT2D eigenvalue weighted by atomic mass is 35.5. The molecule has 0 bridgehead atoms. The molecule has 0 N–H and O–H groups in total. The lowest BCUT2D eigenvalue weighted by Gasteiger charge is -2.10. The van der Waals surface area contributed by atoms with Gasteiger partial charge in [0.15, 0.2) is 12.2 Å². The van der Waals surface area contributed by atoms with Crippen LogP contribution in [-0.4, -0.2) is 15.0 Å². The Kier molecular flexibility index (Phi) is 3.62. The van der Waals surface area contributed by atoms with Crippen LogP contribution in [0, 0.1) is 0 Å². The summed E-state index contributed by atoms with van der Waals surface area (Å²) in [6.07, 6.45) is 6.43. The Morgan fingerprint density at radius 3 is 2.74 bits per heavy atom. The van der Waals surface area contributed by atoms with Crippen molar-refractivity contribution < 1.29 is 4.42 Å². The van der Waals surface area contributed by atoms with Crippen LogP contribution in [0.5, 0.6) is 0 Å². The number of hydrogen-bond donors (Lipinski definition) is 0. The van der Waals surface area contributed by atoms with Crippen molar-refractivity contribution >= 4 is 11.6 Å². The number of benzene rings is 1. The lowest BCUT2D eigenvalue weighted by molar-refractivity contribution is 0.568. The van der Waals surface area contributed by atoms with Crippen LogP contribution in [0.2, 0.25) is 5.02 Å². The van der Waals surface area contributed by atoms with Gasteiger partial charge in [-0.3, -0.25) is 0 Å². The molecule has 1 fully saturated rings. The van der Waals surface area contributed by atoms with E-state index in [1.165, 1.54) is 6.39 Å². The smallest absolute Gasteiger partial charge is 0.181 e. The first kappa shape index (κ1) is 14.4. The van der Waals surface area contributed by atoms with Gasteiger partial charge in [0.25, 0.3) is 0 Å². The summed E-state index contributed by atoms with van der Waals surface area (Å²) in [5, 5.41) is 0.675. The van der Waals surface area contributed by atoms with Crippen molar-refractivity contribution in [1.82, 2.24) is 15.0 Å². The second-order valence-electron chi connectivity index (χ2n) is 5.73. The highest BCUT2D eigenvalue weighted by Gasteiger charge is 2.28. The molecule has 2 heterocycles. The predicted molar refractivity (Wildman–Crippen MR) is 89.3 cm³/mol. The van der Waals surface area contributed by atoms with E-state index in [0.717, 1.165) is 47.6 Å². The van der Waals surface area contributed by atoms with Crippen LogP contribution in [0.15, 0.2) is 41.3 Å². The van der Waals surface area contributed by atoms with E-state index in [4.69, 9.17) is 21.0 Å². The molecule has 0 amide bonds. The summed E-state index contributed by atoms with van der Waals surface area (Å²) in [6, 6.07) is 7.72. The minimum Gasteiger partial charge on any atom is -0.442 e. The first-order valence-corrected chi connectivity index (χ1v) is 8.20. The Hall–Kier alpha value is -2.20. The summed E-state index contributed by atoms with van der Waals surface area (Å²) in [4.78, 5) is 13.7. The molecular formula is C18H16ClN3O. The molecule has 0 radical (unpaired) electrons. The fraction of sp³-hybridized carbons (Fsp3) is 0.278. The molecule has 2 aromatic heterocycles. The zero-order valence-corrected chi connectivity index (χ0v) is 13.5. The van der Waals surface area contributed by atoms with Crippen LogP contribution in [0.4, 0.5) is 0 Å². The maximum Gasteiger partial charge on any atom is 0.181 e. The summed E-state index contributed by atoms with van der Waals surface area (Å²) < 4.78 is 5.65. The van der Waals surface area contributed by atoms with Gasteiger partial charge in [0.2, 0.25) is 0 Å². The van der Waals surface area contributed by atoms with Crippen LogP contribution in [0.3, 0.4) is 0 Å². The molecule has 0 aliphatic heterocycles. The van der Waals surface area contributed by atoms with Gasteiger partial charge in [-0.1, -0.05) is 36.7 Å². The van der Waals surface area contributed by atoms with Crippen molar-refractivity contribution in [2.45, 2.75) is 32.1 Å². The lowest BCUT2D eigenvalue weighted by Crippen LogP contribution is -1.99. The molecule has 116 valence electrons. The molecule has 1 aliphatic rings. The molecule has 1 saturated carbocycles. The minimum absolute atomic E-state index is 0.474. The van der Waals surface area contributed by atoms with E-state index in [-0.39, 0.29) is 0 Å². The summed E-state index contributed by atoms with van der Waals surface area (Å²) in [6.45, 7) is 2.06. The first-order chi connectivity index (χ1) is 11.3. The molecule has 1 aromatic carbocycles. The summed E-state index contributed by atoms with van der Waals surface area (Å²) in [5.41, 5.74) is 3.47. The van der Waals surface area contributed by atoms with E-state index in [1.807, 2.05) is 30.5 Å². The van der Waals surface area contributed by atoms with Gasteiger partial charge in [-0.2, -0.15) is 0 Å². The van der Waals surface area contributed by atoms with Gasteiger partial charge >= 0.3 is 0 Å². The molecule has 0 spiro atoms. The quantitative estimate of drug-likeness (QED) is 0.685. The highest BCUT2D eigenvalue weighted by Crippen LogP contribution is 2.41. The Morgan fingerprint density at radius 2 is 2.00 bits per heavy atom. The third-order valence-corrected chi connectivity index (χ3v) is 4.43. The third kappa shape index (κ3) is 2.63. The molecule has 0 atom stereocenters. The van der Waals surface area contributed by atoms with Gasteiger partial charge < -0.3 is 4.42 Å². The minimum atomic E-state index is 0.474. The van der Waals surface area contributed by atoms with Crippen LogP contribution in [0.25, 0.3) is 22.6 Å². The Balaban J connectivity index is 1.93. The van der Waals surface area contributed by atoms with E-state index in [9.17, 15) is 0 Å².